The van der Waals surface area contributed by atoms with Crippen molar-refractivity contribution in [3.8, 4) is 0 Å². The monoisotopic (exact) mass is 395 g/mol. The zero-order valence-electron chi connectivity index (χ0n) is 20.6. The van der Waals surface area contributed by atoms with E-state index in [1.165, 1.54) is 34.4 Å². The summed E-state index contributed by atoms with van der Waals surface area (Å²) in [7, 11) is 0. The van der Waals surface area contributed by atoms with Crippen LogP contribution in [0, 0.1) is 6.92 Å². The molecule has 1 aliphatic carbocycles. The Bertz CT molecular complexity index is 712. The molecule has 0 spiro atoms. The maximum Gasteiger partial charge on any atom is 0.0551 e. The highest BCUT2D eigenvalue weighted by atomic mass is 14.7. The Balaban J connectivity index is 0.00000120. The molecule has 1 aliphatic rings. The summed E-state index contributed by atoms with van der Waals surface area (Å²) in [5.41, 5.74) is 8.58. The number of hydrogen-bond donors (Lipinski definition) is 0. The summed E-state index contributed by atoms with van der Waals surface area (Å²) in [4.78, 5) is 4.83. The molecule has 1 unspecified atom stereocenters. The Morgan fingerprint density at radius 1 is 0.966 bits per heavy atom. The molecule has 1 heteroatoms. The summed E-state index contributed by atoms with van der Waals surface area (Å²) in [6.07, 6.45) is 10.0. The third kappa shape index (κ3) is 7.46. The standard InChI is InChI=1S/C22H27N.3C2H6/c1-4-7-17(8-5-2)21-20-13-10-16(3)15-19(20)12-11-18-9-6-14-23-22(18)21;3*1-2/h6-7,9-10,13-15,21H,4-5,8,11-12H2,1-3H3;3*1-2H3/b17-7+;;;. The number of fused-ring (bicyclic) bond motifs is 2. The van der Waals surface area contributed by atoms with Crippen LogP contribution in [0.15, 0.2) is 48.2 Å². The molecular weight excluding hydrogens is 350 g/mol. The number of nitrogens with zero attached hydrogens (tertiary/aromatic N) is 1. The van der Waals surface area contributed by atoms with Gasteiger partial charge < -0.3 is 0 Å². The van der Waals surface area contributed by atoms with Crippen LogP contribution < -0.4 is 0 Å². The zero-order chi connectivity index (χ0) is 22.2. The van der Waals surface area contributed by atoms with Gasteiger partial charge in [0, 0.05) is 12.1 Å². The van der Waals surface area contributed by atoms with Crippen LogP contribution in [0.4, 0.5) is 0 Å². The first-order valence-corrected chi connectivity index (χ1v) is 12.0. The highest BCUT2D eigenvalue weighted by Gasteiger charge is 2.27. The van der Waals surface area contributed by atoms with E-state index in [4.69, 9.17) is 4.98 Å². The predicted octanol–water partition coefficient (Wildman–Crippen LogP) is 8.84. The van der Waals surface area contributed by atoms with Crippen LogP contribution in [0.5, 0.6) is 0 Å². The molecule has 0 fully saturated rings. The highest BCUT2D eigenvalue weighted by molar-refractivity contribution is 5.48. The molecule has 1 atom stereocenters. The highest BCUT2D eigenvalue weighted by Crippen LogP contribution is 2.40. The van der Waals surface area contributed by atoms with Gasteiger partial charge in [0.05, 0.1) is 5.69 Å². The Morgan fingerprint density at radius 2 is 1.62 bits per heavy atom. The van der Waals surface area contributed by atoms with Gasteiger partial charge in [0.25, 0.3) is 0 Å². The molecule has 0 radical (unpaired) electrons. The first-order chi connectivity index (χ1) is 14.2. The third-order valence-corrected chi connectivity index (χ3v) is 4.85. The van der Waals surface area contributed by atoms with Gasteiger partial charge in [-0.1, -0.05) is 103 Å². The fourth-order valence-corrected chi connectivity index (χ4v) is 3.86. The minimum Gasteiger partial charge on any atom is -0.260 e. The molecule has 1 aromatic carbocycles. The van der Waals surface area contributed by atoms with Gasteiger partial charge in [0.1, 0.15) is 0 Å². The normalized spacial score (nSPS) is 14.4. The maximum absolute atomic E-state index is 4.83. The predicted molar refractivity (Wildman–Crippen MR) is 132 cm³/mol. The van der Waals surface area contributed by atoms with Crippen LogP contribution in [-0.2, 0) is 12.8 Å². The van der Waals surface area contributed by atoms with Crippen LogP contribution in [0.3, 0.4) is 0 Å². The van der Waals surface area contributed by atoms with Crippen molar-refractivity contribution in [2.45, 2.75) is 100 Å². The van der Waals surface area contributed by atoms with Gasteiger partial charge in [-0.2, -0.15) is 0 Å². The summed E-state index contributed by atoms with van der Waals surface area (Å²) in [6.45, 7) is 18.7. The van der Waals surface area contributed by atoms with Crippen molar-refractivity contribution in [1.82, 2.24) is 4.98 Å². The third-order valence-electron chi connectivity index (χ3n) is 4.85. The van der Waals surface area contributed by atoms with E-state index in [0.29, 0.717) is 5.92 Å². The summed E-state index contributed by atoms with van der Waals surface area (Å²) < 4.78 is 0. The van der Waals surface area contributed by atoms with E-state index in [0.717, 1.165) is 25.7 Å². The Labute approximate surface area is 181 Å². The molecule has 29 heavy (non-hydrogen) atoms. The molecule has 1 aromatic heterocycles. The molecule has 1 nitrogen and oxygen atoms in total. The van der Waals surface area contributed by atoms with Crippen LogP contribution in [0.1, 0.15) is 109 Å². The van der Waals surface area contributed by atoms with E-state index in [-0.39, 0.29) is 0 Å². The second-order valence-electron chi connectivity index (χ2n) is 6.62. The summed E-state index contributed by atoms with van der Waals surface area (Å²) in [5, 5.41) is 0. The number of rotatable bonds is 4. The van der Waals surface area contributed by atoms with Gasteiger partial charge in [0.2, 0.25) is 0 Å². The zero-order valence-corrected chi connectivity index (χ0v) is 20.6. The van der Waals surface area contributed by atoms with E-state index in [1.807, 2.05) is 47.7 Å². The van der Waals surface area contributed by atoms with Crippen LogP contribution in [-0.4, -0.2) is 4.98 Å². The largest absolute Gasteiger partial charge is 0.260 e. The summed E-state index contributed by atoms with van der Waals surface area (Å²) in [5.74, 6) is 0.337. The average Bonchev–Trinajstić information content (AvgIpc) is 2.94. The van der Waals surface area contributed by atoms with Crippen molar-refractivity contribution in [3.05, 3.63) is 76.1 Å². The van der Waals surface area contributed by atoms with E-state index < -0.39 is 0 Å². The van der Waals surface area contributed by atoms with Crippen LogP contribution >= 0.6 is 0 Å². The number of aromatic nitrogens is 1. The quantitative estimate of drug-likeness (QED) is 0.471. The average molecular weight is 396 g/mol. The van der Waals surface area contributed by atoms with Gasteiger partial charge in [-0.15, -0.1) is 0 Å². The lowest BCUT2D eigenvalue weighted by molar-refractivity contribution is 0.779. The lowest BCUT2D eigenvalue weighted by atomic mass is 9.82. The number of pyridine rings is 1. The van der Waals surface area contributed by atoms with Gasteiger partial charge in [0.15, 0.2) is 0 Å². The lowest BCUT2D eigenvalue weighted by Crippen LogP contribution is -2.09. The van der Waals surface area contributed by atoms with Crippen molar-refractivity contribution >= 4 is 0 Å². The molecule has 0 aliphatic heterocycles. The summed E-state index contributed by atoms with van der Waals surface area (Å²) in [6, 6.07) is 11.3. The number of benzene rings is 1. The Morgan fingerprint density at radius 3 is 2.24 bits per heavy atom. The minimum atomic E-state index is 0.337. The van der Waals surface area contributed by atoms with Gasteiger partial charge in [-0.05, 0) is 55.4 Å². The van der Waals surface area contributed by atoms with Gasteiger partial charge in [-0.3, -0.25) is 4.98 Å². The first kappa shape index (κ1) is 27.1. The fraction of sp³-hybridized carbons (Fsp3) is 0.536. The van der Waals surface area contributed by atoms with Gasteiger partial charge in [-0.25, -0.2) is 0 Å². The van der Waals surface area contributed by atoms with Crippen LogP contribution in [0.25, 0.3) is 0 Å². The molecule has 1 heterocycles. The molecule has 0 N–H and O–H groups in total. The smallest absolute Gasteiger partial charge is 0.0551 e. The lowest BCUT2D eigenvalue weighted by Gasteiger charge is -2.23. The molecular formula is C28H45N. The van der Waals surface area contributed by atoms with Gasteiger partial charge >= 0.3 is 0 Å². The molecule has 0 saturated heterocycles. The Kier molecular flexibility index (Phi) is 14.9. The van der Waals surface area contributed by atoms with Crippen molar-refractivity contribution in [2.75, 3.05) is 0 Å². The second kappa shape index (κ2) is 16.0. The Hall–Kier alpha value is -1.89. The first-order valence-electron chi connectivity index (χ1n) is 12.0. The van der Waals surface area contributed by atoms with E-state index in [1.54, 1.807) is 5.57 Å². The number of aryl methyl sites for hydroxylation is 3. The minimum absolute atomic E-state index is 0.337. The topological polar surface area (TPSA) is 12.9 Å². The number of allylic oxidation sites excluding steroid dienone is 2. The molecule has 3 rings (SSSR count). The van der Waals surface area contributed by atoms with Crippen molar-refractivity contribution in [3.63, 3.8) is 0 Å². The molecule has 0 saturated carbocycles. The van der Waals surface area contributed by atoms with Crippen LogP contribution in [0.2, 0.25) is 0 Å². The fourth-order valence-electron chi connectivity index (χ4n) is 3.86. The maximum atomic E-state index is 4.83. The van der Waals surface area contributed by atoms with Crippen molar-refractivity contribution in [2.24, 2.45) is 0 Å². The van der Waals surface area contributed by atoms with E-state index in [9.17, 15) is 0 Å². The molecule has 2 aromatic rings. The van der Waals surface area contributed by atoms with E-state index in [2.05, 4.69) is 57.2 Å². The number of hydrogen-bond acceptors (Lipinski definition) is 1. The molecule has 0 bridgehead atoms. The van der Waals surface area contributed by atoms with Crippen molar-refractivity contribution < 1.29 is 0 Å². The molecule has 0 amide bonds. The van der Waals surface area contributed by atoms with Crippen molar-refractivity contribution in [1.29, 1.82) is 0 Å². The summed E-state index contributed by atoms with van der Waals surface area (Å²) >= 11 is 0. The molecule has 162 valence electrons. The SMILES string of the molecule is CC.CC.CC.CC/C=C(\CCC)C1c2ccc(C)cc2CCc2cccnc21. The van der Waals surface area contributed by atoms with E-state index >= 15 is 0 Å². The second-order valence-corrected chi connectivity index (χ2v) is 6.62.